The Balaban J connectivity index is 1.76. The smallest absolute Gasteiger partial charge is 0.161 e. The van der Waals surface area contributed by atoms with Gasteiger partial charge in [0, 0.05) is 20.1 Å². The van der Waals surface area contributed by atoms with Crippen molar-refractivity contribution >= 4 is 5.78 Å². The third-order valence-electron chi connectivity index (χ3n) is 6.85. The van der Waals surface area contributed by atoms with Gasteiger partial charge in [0.25, 0.3) is 0 Å². The quantitative estimate of drug-likeness (QED) is 0.343. The second-order valence-corrected chi connectivity index (χ2v) is 10.0. The van der Waals surface area contributed by atoms with E-state index in [1.54, 1.807) is 7.11 Å². The van der Waals surface area contributed by atoms with Crippen LogP contribution in [0.1, 0.15) is 81.6 Å². The second kappa shape index (κ2) is 13.8. The molecule has 0 amide bonds. The summed E-state index contributed by atoms with van der Waals surface area (Å²) in [6.07, 6.45) is 3.93. The lowest BCUT2D eigenvalue weighted by atomic mass is 9.88. The summed E-state index contributed by atoms with van der Waals surface area (Å²) in [6, 6.07) is 19.3. The zero-order valence-corrected chi connectivity index (χ0v) is 21.5. The van der Waals surface area contributed by atoms with Crippen LogP contribution < -0.4 is 0 Å². The van der Waals surface area contributed by atoms with Gasteiger partial charge in [-0.05, 0) is 67.3 Å². The average molecular weight is 466 g/mol. The van der Waals surface area contributed by atoms with E-state index in [1.807, 2.05) is 18.2 Å². The van der Waals surface area contributed by atoms with E-state index >= 15 is 0 Å². The molecule has 0 saturated carbocycles. The molecule has 1 aliphatic heterocycles. The monoisotopic (exact) mass is 465 g/mol. The van der Waals surface area contributed by atoms with Crippen LogP contribution in [0.25, 0.3) is 0 Å². The van der Waals surface area contributed by atoms with E-state index < -0.39 is 0 Å². The van der Waals surface area contributed by atoms with Crippen LogP contribution in [0, 0.1) is 5.92 Å². The topological polar surface area (TPSA) is 38.8 Å². The molecule has 1 aliphatic rings. The first-order valence-electron chi connectivity index (χ1n) is 13.1. The maximum Gasteiger partial charge on any atom is 0.161 e. The van der Waals surface area contributed by atoms with Crippen LogP contribution in [0.4, 0.5) is 0 Å². The van der Waals surface area contributed by atoms with E-state index in [0.717, 1.165) is 50.2 Å². The Morgan fingerprint density at radius 1 is 1.00 bits per heavy atom. The number of ketones is 1. The number of likely N-dealkylation sites (tertiary alicyclic amines) is 1. The molecule has 0 radical (unpaired) electrons. The zero-order valence-electron chi connectivity index (χ0n) is 21.5. The fourth-order valence-corrected chi connectivity index (χ4v) is 4.89. The molecule has 1 heterocycles. The van der Waals surface area contributed by atoms with Gasteiger partial charge in [0.1, 0.15) is 12.2 Å². The van der Waals surface area contributed by atoms with Crippen molar-refractivity contribution in [2.45, 2.75) is 71.0 Å². The number of carbonyl (C=O) groups is 1. The molecule has 2 atom stereocenters. The molecule has 186 valence electrons. The number of hydrogen-bond acceptors (Lipinski definition) is 4. The van der Waals surface area contributed by atoms with Crippen molar-refractivity contribution in [1.29, 1.82) is 0 Å². The minimum absolute atomic E-state index is 0.217. The normalized spacial score (nSPS) is 17.1. The number of methoxy groups -OCH3 is 1. The number of Topliss-reactive ketones (excluding diaryl/α,β-unsaturated/α-hetero) is 1. The third kappa shape index (κ3) is 7.76. The number of carbonyl (C=O) groups excluding carboxylic acids is 1. The van der Waals surface area contributed by atoms with Gasteiger partial charge >= 0.3 is 0 Å². The van der Waals surface area contributed by atoms with Crippen LogP contribution in [0.3, 0.4) is 0 Å². The van der Waals surface area contributed by atoms with Gasteiger partial charge in [0.05, 0.1) is 6.61 Å². The van der Waals surface area contributed by atoms with Crippen molar-refractivity contribution in [2.24, 2.45) is 5.92 Å². The largest absolute Gasteiger partial charge is 0.383 e. The summed E-state index contributed by atoms with van der Waals surface area (Å²) >= 11 is 0. The molecule has 3 rings (SSSR count). The standard InChI is InChI=1S/C30H43NO3/c1-5-9-28(32)29(22-23(2)3)34-30(26-10-7-6-8-11-26)27-14-12-24(13-15-27)25-16-18-31(19-17-25)20-21-33-4/h6-8,10-15,23,25,29-30H,5,9,16-22H2,1-4H3/t29-,30?/m0/s1. The van der Waals surface area contributed by atoms with Gasteiger partial charge in [0.15, 0.2) is 5.78 Å². The van der Waals surface area contributed by atoms with Crippen molar-refractivity contribution in [1.82, 2.24) is 4.90 Å². The van der Waals surface area contributed by atoms with Crippen molar-refractivity contribution in [3.63, 3.8) is 0 Å². The first kappa shape index (κ1) is 26.6. The van der Waals surface area contributed by atoms with Crippen molar-refractivity contribution in [3.8, 4) is 0 Å². The minimum atomic E-state index is -0.374. The molecular formula is C30H43NO3. The molecule has 0 N–H and O–H groups in total. The predicted octanol–water partition coefficient (Wildman–Crippen LogP) is 6.40. The SMILES string of the molecule is CCCC(=O)[C@H](CC(C)C)OC(c1ccccc1)c1ccc(C2CCN(CCOC)CC2)cc1. The van der Waals surface area contributed by atoms with Crippen LogP contribution in [0.2, 0.25) is 0 Å². The van der Waals surface area contributed by atoms with E-state index in [9.17, 15) is 4.79 Å². The number of nitrogens with zero attached hydrogens (tertiary/aromatic N) is 1. The van der Waals surface area contributed by atoms with Gasteiger partial charge in [-0.1, -0.05) is 75.4 Å². The molecular weight excluding hydrogens is 422 g/mol. The summed E-state index contributed by atoms with van der Waals surface area (Å²) in [4.78, 5) is 15.4. The van der Waals surface area contributed by atoms with Crippen LogP contribution in [-0.2, 0) is 14.3 Å². The number of piperidine rings is 1. The molecule has 34 heavy (non-hydrogen) atoms. The van der Waals surface area contributed by atoms with Crippen molar-refractivity contribution in [2.75, 3.05) is 33.4 Å². The third-order valence-corrected chi connectivity index (χ3v) is 6.85. The highest BCUT2D eigenvalue weighted by atomic mass is 16.5. The van der Waals surface area contributed by atoms with Gasteiger partial charge in [-0.2, -0.15) is 0 Å². The van der Waals surface area contributed by atoms with Gasteiger partial charge in [-0.25, -0.2) is 0 Å². The Morgan fingerprint density at radius 3 is 2.24 bits per heavy atom. The molecule has 2 aromatic carbocycles. The predicted molar refractivity (Wildman–Crippen MR) is 139 cm³/mol. The maximum atomic E-state index is 12.9. The Hall–Kier alpha value is -2.01. The molecule has 1 unspecified atom stereocenters. The van der Waals surface area contributed by atoms with Gasteiger partial charge < -0.3 is 14.4 Å². The molecule has 0 aliphatic carbocycles. The summed E-state index contributed by atoms with van der Waals surface area (Å²) in [5.74, 6) is 1.22. The Kier molecular flexibility index (Phi) is 10.8. The van der Waals surface area contributed by atoms with Gasteiger partial charge in [-0.3, -0.25) is 4.79 Å². The highest BCUT2D eigenvalue weighted by Gasteiger charge is 2.26. The summed E-state index contributed by atoms with van der Waals surface area (Å²) in [5, 5.41) is 0. The lowest BCUT2D eigenvalue weighted by Gasteiger charge is -2.32. The van der Waals surface area contributed by atoms with Crippen LogP contribution in [-0.4, -0.2) is 50.1 Å². The highest BCUT2D eigenvalue weighted by Crippen LogP contribution is 2.33. The Bertz CT molecular complexity index is 841. The van der Waals surface area contributed by atoms with E-state index in [1.165, 1.54) is 18.4 Å². The zero-order chi connectivity index (χ0) is 24.3. The summed E-state index contributed by atoms with van der Waals surface area (Å²) < 4.78 is 11.8. The number of hydrogen-bond donors (Lipinski definition) is 0. The van der Waals surface area contributed by atoms with Crippen LogP contribution >= 0.6 is 0 Å². The molecule has 2 aromatic rings. The van der Waals surface area contributed by atoms with E-state index in [0.29, 0.717) is 18.3 Å². The fourth-order valence-electron chi connectivity index (χ4n) is 4.89. The fraction of sp³-hybridized carbons (Fsp3) is 0.567. The van der Waals surface area contributed by atoms with Gasteiger partial charge in [0.2, 0.25) is 0 Å². The summed E-state index contributed by atoms with van der Waals surface area (Å²) in [6.45, 7) is 10.4. The molecule has 0 bridgehead atoms. The molecule has 4 heteroatoms. The lowest BCUT2D eigenvalue weighted by molar-refractivity contribution is -0.134. The van der Waals surface area contributed by atoms with Crippen molar-refractivity contribution in [3.05, 3.63) is 71.3 Å². The minimum Gasteiger partial charge on any atom is -0.383 e. The second-order valence-electron chi connectivity index (χ2n) is 10.0. The lowest BCUT2D eigenvalue weighted by Crippen LogP contribution is -2.35. The van der Waals surface area contributed by atoms with Crippen LogP contribution in [0.5, 0.6) is 0 Å². The maximum absolute atomic E-state index is 12.9. The first-order chi connectivity index (χ1) is 16.5. The molecule has 1 fully saturated rings. The van der Waals surface area contributed by atoms with Crippen LogP contribution in [0.15, 0.2) is 54.6 Å². The Morgan fingerprint density at radius 2 is 1.65 bits per heavy atom. The number of benzene rings is 2. The number of rotatable bonds is 13. The van der Waals surface area contributed by atoms with Gasteiger partial charge in [-0.15, -0.1) is 0 Å². The highest BCUT2D eigenvalue weighted by molar-refractivity contribution is 5.83. The molecule has 1 saturated heterocycles. The van der Waals surface area contributed by atoms with E-state index in [4.69, 9.17) is 9.47 Å². The first-order valence-corrected chi connectivity index (χ1v) is 13.1. The van der Waals surface area contributed by atoms with E-state index in [-0.39, 0.29) is 18.0 Å². The molecule has 0 spiro atoms. The Labute approximate surface area is 206 Å². The molecule has 4 nitrogen and oxygen atoms in total. The van der Waals surface area contributed by atoms with E-state index in [2.05, 4.69) is 62.1 Å². The summed E-state index contributed by atoms with van der Waals surface area (Å²) in [5.41, 5.74) is 3.62. The van der Waals surface area contributed by atoms with Crippen molar-refractivity contribution < 1.29 is 14.3 Å². The number of ether oxygens (including phenoxy) is 2. The molecule has 0 aromatic heterocycles. The average Bonchev–Trinajstić information content (AvgIpc) is 2.86. The summed E-state index contributed by atoms with van der Waals surface area (Å²) in [7, 11) is 1.77.